The summed E-state index contributed by atoms with van der Waals surface area (Å²) in [5, 5.41) is 3.50. The fourth-order valence-electron chi connectivity index (χ4n) is 2.40. The lowest BCUT2D eigenvalue weighted by Gasteiger charge is -2.25. The van der Waals surface area contributed by atoms with Gasteiger partial charge in [0.15, 0.2) is 0 Å². The second kappa shape index (κ2) is 7.18. The fraction of sp³-hybridized carbons (Fsp3) is 0.562. The normalized spacial score (nSPS) is 22.1. The van der Waals surface area contributed by atoms with Gasteiger partial charge in [-0.15, -0.1) is 11.8 Å². The first-order valence-corrected chi connectivity index (χ1v) is 8.30. The Morgan fingerprint density at radius 1 is 1.33 bits per heavy atom. The molecule has 0 aliphatic carbocycles. The highest BCUT2D eigenvalue weighted by Crippen LogP contribution is 2.42. The average molecular weight is 308 g/mol. The van der Waals surface area contributed by atoms with Gasteiger partial charge in [-0.2, -0.15) is 0 Å². The molecule has 1 fully saturated rings. The van der Waals surface area contributed by atoms with Crippen LogP contribution in [0.5, 0.6) is 5.75 Å². The first-order chi connectivity index (χ1) is 10.0. The van der Waals surface area contributed by atoms with Crippen molar-refractivity contribution < 1.29 is 9.53 Å². The lowest BCUT2D eigenvalue weighted by atomic mass is 10.2. The molecule has 0 unspecified atom stereocenters. The van der Waals surface area contributed by atoms with Crippen molar-refractivity contribution in [1.82, 2.24) is 10.2 Å². The molecule has 1 saturated heterocycles. The third-order valence-electron chi connectivity index (χ3n) is 3.55. The Balaban J connectivity index is 2.09. The van der Waals surface area contributed by atoms with E-state index in [0.29, 0.717) is 6.04 Å². The summed E-state index contributed by atoms with van der Waals surface area (Å²) in [6.45, 7) is 7.78. The molecule has 1 aromatic carbocycles. The zero-order valence-corrected chi connectivity index (χ0v) is 13.9. The van der Waals surface area contributed by atoms with Gasteiger partial charge in [0.1, 0.15) is 11.1 Å². The van der Waals surface area contributed by atoms with Crippen LogP contribution in [0.4, 0.5) is 0 Å². The highest BCUT2D eigenvalue weighted by Gasteiger charge is 2.37. The van der Waals surface area contributed by atoms with Crippen LogP contribution >= 0.6 is 11.8 Å². The zero-order valence-electron chi connectivity index (χ0n) is 13.1. The highest BCUT2D eigenvalue weighted by molar-refractivity contribution is 8.01. The van der Waals surface area contributed by atoms with Crippen LogP contribution < -0.4 is 10.1 Å². The maximum atomic E-state index is 12.3. The molecule has 0 spiro atoms. The molecule has 1 amide bonds. The minimum Gasteiger partial charge on any atom is -0.497 e. The molecule has 1 aromatic rings. The predicted octanol–water partition coefficient (Wildman–Crippen LogP) is 2.66. The van der Waals surface area contributed by atoms with E-state index in [4.69, 9.17) is 4.74 Å². The van der Waals surface area contributed by atoms with E-state index in [1.54, 1.807) is 18.9 Å². The lowest BCUT2D eigenvalue weighted by Crippen LogP contribution is -2.38. The van der Waals surface area contributed by atoms with Crippen LogP contribution in [0.15, 0.2) is 24.3 Å². The highest BCUT2D eigenvalue weighted by atomic mass is 32.2. The quantitative estimate of drug-likeness (QED) is 0.877. The summed E-state index contributed by atoms with van der Waals surface area (Å²) in [5.74, 6) is 1.07. The summed E-state index contributed by atoms with van der Waals surface area (Å²) in [6.07, 6.45) is 0. The van der Waals surface area contributed by atoms with Crippen molar-refractivity contribution in [3.05, 3.63) is 29.8 Å². The van der Waals surface area contributed by atoms with E-state index in [9.17, 15) is 4.79 Å². The van der Waals surface area contributed by atoms with E-state index in [2.05, 4.69) is 19.2 Å². The van der Waals surface area contributed by atoms with Gasteiger partial charge >= 0.3 is 0 Å². The number of thioether (sulfide) groups is 1. The Kier molecular flexibility index (Phi) is 5.53. The number of nitrogens with zero attached hydrogens (tertiary/aromatic N) is 1. The lowest BCUT2D eigenvalue weighted by molar-refractivity contribution is -0.129. The van der Waals surface area contributed by atoms with E-state index in [0.717, 1.165) is 24.4 Å². The van der Waals surface area contributed by atoms with E-state index in [1.807, 2.05) is 36.1 Å². The van der Waals surface area contributed by atoms with Crippen molar-refractivity contribution in [2.75, 3.05) is 20.2 Å². The summed E-state index contributed by atoms with van der Waals surface area (Å²) in [5.41, 5.74) is 1.16. The number of nitrogens with one attached hydrogen (secondary N) is 1. The van der Waals surface area contributed by atoms with Gasteiger partial charge in [0.05, 0.1) is 12.4 Å². The third kappa shape index (κ3) is 3.92. The molecule has 1 aliphatic rings. The first kappa shape index (κ1) is 16.2. The average Bonchev–Trinajstić information content (AvgIpc) is 2.75. The van der Waals surface area contributed by atoms with E-state index in [1.165, 1.54) is 0 Å². The van der Waals surface area contributed by atoms with Gasteiger partial charge in [0.2, 0.25) is 5.91 Å². The second-order valence-corrected chi connectivity index (χ2v) is 6.97. The summed E-state index contributed by atoms with van der Waals surface area (Å²) in [6, 6.07) is 8.43. The molecule has 0 radical (unpaired) electrons. The monoisotopic (exact) mass is 308 g/mol. The molecule has 4 nitrogen and oxygen atoms in total. The summed E-state index contributed by atoms with van der Waals surface area (Å²) in [4.78, 5) is 14.3. The summed E-state index contributed by atoms with van der Waals surface area (Å²) < 4.78 is 5.19. The molecule has 1 N–H and O–H groups in total. The smallest absolute Gasteiger partial charge is 0.236 e. The van der Waals surface area contributed by atoms with E-state index in [-0.39, 0.29) is 16.5 Å². The SMILES string of the molecule is COc1ccc([C@@H]2S[C@H](C)C(=O)N2CCNC(C)C)cc1. The summed E-state index contributed by atoms with van der Waals surface area (Å²) in [7, 11) is 1.66. The maximum Gasteiger partial charge on any atom is 0.236 e. The minimum atomic E-state index is 0.0242. The number of hydrogen-bond acceptors (Lipinski definition) is 4. The van der Waals surface area contributed by atoms with Crippen LogP contribution in [0.3, 0.4) is 0 Å². The maximum absolute atomic E-state index is 12.3. The number of methoxy groups -OCH3 is 1. The van der Waals surface area contributed by atoms with Crippen molar-refractivity contribution >= 4 is 17.7 Å². The van der Waals surface area contributed by atoms with Gasteiger partial charge in [0, 0.05) is 19.1 Å². The molecule has 116 valence electrons. The van der Waals surface area contributed by atoms with Crippen LogP contribution in [-0.4, -0.2) is 42.3 Å². The Morgan fingerprint density at radius 2 is 2.00 bits per heavy atom. The van der Waals surface area contributed by atoms with Crippen molar-refractivity contribution in [3.63, 3.8) is 0 Å². The molecular formula is C16H24N2O2S. The van der Waals surface area contributed by atoms with Gasteiger partial charge in [-0.1, -0.05) is 26.0 Å². The van der Waals surface area contributed by atoms with E-state index < -0.39 is 0 Å². The molecule has 2 atom stereocenters. The largest absolute Gasteiger partial charge is 0.497 e. The van der Waals surface area contributed by atoms with Gasteiger partial charge in [-0.3, -0.25) is 4.79 Å². The van der Waals surface area contributed by atoms with Crippen LogP contribution in [-0.2, 0) is 4.79 Å². The number of benzene rings is 1. The Morgan fingerprint density at radius 3 is 2.57 bits per heavy atom. The van der Waals surface area contributed by atoms with Crippen molar-refractivity contribution in [1.29, 1.82) is 0 Å². The van der Waals surface area contributed by atoms with Gasteiger partial charge in [-0.25, -0.2) is 0 Å². The van der Waals surface area contributed by atoms with Gasteiger partial charge < -0.3 is 15.0 Å². The Hall–Kier alpha value is -1.20. The van der Waals surface area contributed by atoms with Gasteiger partial charge in [-0.05, 0) is 24.6 Å². The topological polar surface area (TPSA) is 41.6 Å². The van der Waals surface area contributed by atoms with Crippen LogP contribution in [0.25, 0.3) is 0 Å². The Labute approximate surface area is 131 Å². The van der Waals surface area contributed by atoms with E-state index >= 15 is 0 Å². The number of rotatable bonds is 6. The minimum absolute atomic E-state index is 0.0242. The molecule has 21 heavy (non-hydrogen) atoms. The number of carbonyl (C=O) groups excluding carboxylic acids is 1. The molecule has 0 saturated carbocycles. The van der Waals surface area contributed by atoms with Crippen LogP contribution in [0.1, 0.15) is 31.7 Å². The molecule has 0 bridgehead atoms. The summed E-state index contributed by atoms with van der Waals surface area (Å²) >= 11 is 1.71. The van der Waals surface area contributed by atoms with Crippen LogP contribution in [0, 0.1) is 0 Å². The van der Waals surface area contributed by atoms with Gasteiger partial charge in [0.25, 0.3) is 0 Å². The number of hydrogen-bond donors (Lipinski definition) is 1. The standard InChI is InChI=1S/C16H24N2O2S/c1-11(2)17-9-10-18-15(19)12(3)21-16(18)13-5-7-14(20-4)8-6-13/h5-8,11-12,16-17H,9-10H2,1-4H3/t12-,16+/m1/s1. The third-order valence-corrected chi connectivity index (χ3v) is 4.95. The van der Waals surface area contributed by atoms with Crippen molar-refractivity contribution in [2.45, 2.75) is 37.4 Å². The van der Waals surface area contributed by atoms with Crippen LogP contribution in [0.2, 0.25) is 0 Å². The number of ether oxygens (including phenoxy) is 1. The number of carbonyl (C=O) groups is 1. The molecule has 1 heterocycles. The number of amides is 1. The second-order valence-electron chi connectivity index (χ2n) is 5.54. The molecule has 5 heteroatoms. The molecular weight excluding hydrogens is 284 g/mol. The Bertz CT molecular complexity index is 476. The first-order valence-electron chi connectivity index (χ1n) is 7.36. The molecule has 1 aliphatic heterocycles. The van der Waals surface area contributed by atoms with Crippen molar-refractivity contribution in [3.8, 4) is 5.75 Å². The molecule has 2 rings (SSSR count). The fourth-order valence-corrected chi connectivity index (χ4v) is 3.71. The zero-order chi connectivity index (χ0) is 15.4. The molecule has 0 aromatic heterocycles. The predicted molar refractivity (Wildman–Crippen MR) is 87.6 cm³/mol. The van der Waals surface area contributed by atoms with Crippen molar-refractivity contribution in [2.24, 2.45) is 0 Å².